The lowest BCUT2D eigenvalue weighted by Gasteiger charge is -2.36. The van der Waals surface area contributed by atoms with Crippen molar-refractivity contribution < 1.29 is 19.4 Å². The standard InChI is InChI=1S/C13H13NO4/c15-12(14-4-11(5-14)13(16)17)8-1-2-9-6-18-7-10(9)3-8/h1-3,11H,4-7H2,(H,16,17). The second-order valence-corrected chi connectivity index (χ2v) is 4.72. The van der Waals surface area contributed by atoms with Crippen LogP contribution in [0.1, 0.15) is 21.5 Å². The molecular weight excluding hydrogens is 234 g/mol. The molecule has 2 aliphatic heterocycles. The maximum absolute atomic E-state index is 12.1. The number of aliphatic carboxylic acids is 1. The summed E-state index contributed by atoms with van der Waals surface area (Å²) >= 11 is 0. The average molecular weight is 247 g/mol. The van der Waals surface area contributed by atoms with Gasteiger partial charge in [0.1, 0.15) is 0 Å². The van der Waals surface area contributed by atoms with Crippen LogP contribution in [-0.4, -0.2) is 35.0 Å². The summed E-state index contributed by atoms with van der Waals surface area (Å²) in [5.41, 5.74) is 2.79. The Balaban J connectivity index is 1.72. The highest BCUT2D eigenvalue weighted by Crippen LogP contribution is 2.24. The maximum atomic E-state index is 12.1. The van der Waals surface area contributed by atoms with Crippen LogP contribution in [0.4, 0.5) is 0 Å². The molecule has 0 atom stereocenters. The molecule has 1 aromatic rings. The Morgan fingerprint density at radius 3 is 2.67 bits per heavy atom. The van der Waals surface area contributed by atoms with E-state index < -0.39 is 11.9 Å². The van der Waals surface area contributed by atoms with Crippen LogP contribution >= 0.6 is 0 Å². The van der Waals surface area contributed by atoms with E-state index in [2.05, 4.69) is 0 Å². The number of hydrogen-bond acceptors (Lipinski definition) is 3. The molecular formula is C13H13NO4. The number of amides is 1. The number of carboxylic acid groups (broad SMARTS) is 1. The molecule has 5 heteroatoms. The summed E-state index contributed by atoms with van der Waals surface area (Å²) in [5.74, 6) is -1.34. The molecule has 0 saturated carbocycles. The maximum Gasteiger partial charge on any atom is 0.310 e. The SMILES string of the molecule is O=C(O)C1CN(C(=O)c2ccc3c(c2)COC3)C1. The quantitative estimate of drug-likeness (QED) is 0.842. The van der Waals surface area contributed by atoms with Gasteiger partial charge in [0.2, 0.25) is 0 Å². The van der Waals surface area contributed by atoms with Crippen LogP contribution in [0.15, 0.2) is 18.2 Å². The first-order valence-electron chi connectivity index (χ1n) is 5.87. The Labute approximate surface area is 104 Å². The predicted molar refractivity (Wildman–Crippen MR) is 62.0 cm³/mol. The van der Waals surface area contributed by atoms with Crippen molar-refractivity contribution in [2.45, 2.75) is 13.2 Å². The van der Waals surface area contributed by atoms with Crippen LogP contribution in [0.2, 0.25) is 0 Å². The van der Waals surface area contributed by atoms with Gasteiger partial charge in [0.25, 0.3) is 5.91 Å². The largest absolute Gasteiger partial charge is 0.481 e. The molecule has 0 unspecified atom stereocenters. The second-order valence-electron chi connectivity index (χ2n) is 4.72. The summed E-state index contributed by atoms with van der Waals surface area (Å²) in [5, 5.41) is 8.78. The van der Waals surface area contributed by atoms with Crippen molar-refractivity contribution in [1.82, 2.24) is 4.90 Å². The van der Waals surface area contributed by atoms with Gasteiger partial charge in [-0.25, -0.2) is 0 Å². The number of hydrogen-bond donors (Lipinski definition) is 1. The number of carbonyl (C=O) groups excluding carboxylic acids is 1. The normalized spacial score (nSPS) is 18.3. The first kappa shape index (κ1) is 11.2. The predicted octanol–water partition coefficient (Wildman–Crippen LogP) is 0.873. The van der Waals surface area contributed by atoms with Gasteiger partial charge >= 0.3 is 5.97 Å². The Morgan fingerprint density at radius 2 is 1.94 bits per heavy atom. The first-order valence-corrected chi connectivity index (χ1v) is 5.87. The van der Waals surface area contributed by atoms with Crippen molar-refractivity contribution >= 4 is 11.9 Å². The average Bonchev–Trinajstić information content (AvgIpc) is 2.72. The van der Waals surface area contributed by atoms with Crippen LogP contribution < -0.4 is 0 Å². The van der Waals surface area contributed by atoms with Gasteiger partial charge in [0.05, 0.1) is 19.1 Å². The number of benzene rings is 1. The fourth-order valence-electron chi connectivity index (χ4n) is 2.29. The number of carbonyl (C=O) groups is 2. The summed E-state index contributed by atoms with van der Waals surface area (Å²) < 4.78 is 5.30. The zero-order valence-electron chi connectivity index (χ0n) is 9.76. The third-order valence-electron chi connectivity index (χ3n) is 3.49. The number of ether oxygens (including phenoxy) is 1. The lowest BCUT2D eigenvalue weighted by atomic mass is 9.98. The molecule has 1 fully saturated rings. The summed E-state index contributed by atoms with van der Waals surface area (Å²) in [6.45, 7) is 1.77. The van der Waals surface area contributed by atoms with Gasteiger partial charge in [-0.1, -0.05) is 6.07 Å². The molecule has 0 aromatic heterocycles. The Kier molecular flexibility index (Phi) is 2.56. The van der Waals surface area contributed by atoms with Crippen molar-refractivity contribution in [1.29, 1.82) is 0 Å². The molecule has 0 spiro atoms. The van der Waals surface area contributed by atoms with E-state index in [4.69, 9.17) is 9.84 Å². The molecule has 0 aliphatic carbocycles. The summed E-state index contributed by atoms with van der Waals surface area (Å²) in [6.07, 6.45) is 0. The molecule has 0 bridgehead atoms. The minimum Gasteiger partial charge on any atom is -0.481 e. The van der Waals surface area contributed by atoms with E-state index >= 15 is 0 Å². The van der Waals surface area contributed by atoms with Crippen LogP contribution in [0.3, 0.4) is 0 Å². The van der Waals surface area contributed by atoms with Crippen molar-refractivity contribution in [2.24, 2.45) is 5.92 Å². The van der Waals surface area contributed by atoms with Gasteiger partial charge in [-0.3, -0.25) is 9.59 Å². The zero-order chi connectivity index (χ0) is 12.7. The van der Waals surface area contributed by atoms with Crippen molar-refractivity contribution in [3.8, 4) is 0 Å². The molecule has 0 radical (unpaired) electrons. The fraction of sp³-hybridized carbons (Fsp3) is 0.385. The monoisotopic (exact) mass is 247 g/mol. The van der Waals surface area contributed by atoms with Gasteiger partial charge < -0.3 is 14.7 Å². The Bertz CT molecular complexity index is 520. The molecule has 3 rings (SSSR count). The van der Waals surface area contributed by atoms with Crippen LogP contribution in [0, 0.1) is 5.92 Å². The number of rotatable bonds is 2. The van der Waals surface area contributed by atoms with E-state index in [1.165, 1.54) is 0 Å². The van der Waals surface area contributed by atoms with E-state index in [0.29, 0.717) is 31.9 Å². The molecule has 1 saturated heterocycles. The molecule has 2 aliphatic rings. The fourth-order valence-corrected chi connectivity index (χ4v) is 2.29. The molecule has 18 heavy (non-hydrogen) atoms. The lowest BCUT2D eigenvalue weighted by molar-refractivity contribution is -0.146. The van der Waals surface area contributed by atoms with Gasteiger partial charge in [0.15, 0.2) is 0 Å². The van der Waals surface area contributed by atoms with Gasteiger partial charge in [-0.05, 0) is 23.3 Å². The third kappa shape index (κ3) is 1.76. The van der Waals surface area contributed by atoms with Crippen molar-refractivity contribution in [2.75, 3.05) is 13.1 Å². The lowest BCUT2D eigenvalue weighted by Crippen LogP contribution is -2.53. The molecule has 1 N–H and O–H groups in total. The topological polar surface area (TPSA) is 66.8 Å². The minimum absolute atomic E-state index is 0.0952. The van der Waals surface area contributed by atoms with Crippen molar-refractivity contribution in [3.05, 3.63) is 34.9 Å². The van der Waals surface area contributed by atoms with Gasteiger partial charge in [-0.2, -0.15) is 0 Å². The number of fused-ring (bicyclic) bond motifs is 1. The van der Waals surface area contributed by atoms with Crippen molar-refractivity contribution in [3.63, 3.8) is 0 Å². The van der Waals surface area contributed by atoms with Crippen LogP contribution in [0.25, 0.3) is 0 Å². The summed E-state index contributed by atoms with van der Waals surface area (Å²) in [4.78, 5) is 24.3. The van der Waals surface area contributed by atoms with E-state index in [-0.39, 0.29) is 5.91 Å². The van der Waals surface area contributed by atoms with Crippen LogP contribution in [0.5, 0.6) is 0 Å². The van der Waals surface area contributed by atoms with E-state index in [0.717, 1.165) is 11.1 Å². The Morgan fingerprint density at radius 1 is 1.22 bits per heavy atom. The summed E-state index contributed by atoms with van der Waals surface area (Å²) in [6, 6.07) is 5.53. The highest BCUT2D eigenvalue weighted by Gasteiger charge is 2.36. The van der Waals surface area contributed by atoms with E-state index in [9.17, 15) is 9.59 Å². The number of likely N-dealkylation sites (tertiary alicyclic amines) is 1. The van der Waals surface area contributed by atoms with E-state index in [1.807, 2.05) is 12.1 Å². The molecule has 5 nitrogen and oxygen atoms in total. The molecule has 2 heterocycles. The minimum atomic E-state index is -0.832. The molecule has 1 aromatic carbocycles. The highest BCUT2D eigenvalue weighted by molar-refractivity contribution is 5.96. The highest BCUT2D eigenvalue weighted by atomic mass is 16.5. The first-order chi connectivity index (χ1) is 8.65. The summed E-state index contributed by atoms with van der Waals surface area (Å²) in [7, 11) is 0. The third-order valence-corrected chi connectivity index (χ3v) is 3.49. The number of nitrogens with zero attached hydrogens (tertiary/aromatic N) is 1. The number of carboxylic acids is 1. The van der Waals surface area contributed by atoms with Gasteiger partial charge in [0, 0.05) is 18.7 Å². The van der Waals surface area contributed by atoms with Gasteiger partial charge in [-0.15, -0.1) is 0 Å². The smallest absolute Gasteiger partial charge is 0.310 e. The van der Waals surface area contributed by atoms with E-state index in [1.54, 1.807) is 11.0 Å². The molecule has 94 valence electrons. The van der Waals surface area contributed by atoms with Crippen LogP contribution in [-0.2, 0) is 22.7 Å². The Hall–Kier alpha value is -1.88. The zero-order valence-corrected chi connectivity index (χ0v) is 9.76. The molecule has 1 amide bonds. The second kappa shape index (κ2) is 4.10.